The maximum Gasteiger partial charge on any atom is 0.0807 e. The van der Waals surface area contributed by atoms with Crippen molar-refractivity contribution in [1.29, 1.82) is 0 Å². The van der Waals surface area contributed by atoms with Gasteiger partial charge in [-0.15, -0.1) is 0 Å². The maximum absolute atomic E-state index is 10.1. The molecular weight excluding hydrogens is 238 g/mol. The molecule has 2 aliphatic carbocycles. The molecule has 1 atom stereocenters. The number of aryl methyl sites for hydroxylation is 1. The number of fused-ring (bicyclic) bond motifs is 1. The van der Waals surface area contributed by atoms with E-state index >= 15 is 0 Å². The molecule has 0 radical (unpaired) electrons. The number of aliphatic hydroxyl groups excluding tert-OH is 1. The molecule has 0 aromatic carbocycles. The zero-order valence-corrected chi connectivity index (χ0v) is 12.1. The third-order valence-electron chi connectivity index (χ3n) is 4.99. The fourth-order valence-electron chi connectivity index (χ4n) is 3.48. The van der Waals surface area contributed by atoms with E-state index in [1.165, 1.54) is 36.2 Å². The maximum atomic E-state index is 10.1. The van der Waals surface area contributed by atoms with E-state index in [-0.39, 0.29) is 6.10 Å². The molecule has 1 N–H and O–H groups in total. The van der Waals surface area contributed by atoms with Crippen molar-refractivity contribution in [3.8, 4) is 0 Å². The molecular formula is C16H25NO2. The fraction of sp³-hybridized carbons (Fsp3) is 0.750. The number of ether oxygens (including phenoxy) is 1. The molecule has 1 saturated carbocycles. The van der Waals surface area contributed by atoms with Crippen LogP contribution < -0.4 is 0 Å². The molecule has 106 valence electrons. The second-order valence-electron chi connectivity index (χ2n) is 6.42. The summed E-state index contributed by atoms with van der Waals surface area (Å²) in [5.41, 5.74) is 4.36. The molecule has 19 heavy (non-hydrogen) atoms. The molecule has 1 aromatic heterocycles. The highest BCUT2D eigenvalue weighted by molar-refractivity contribution is 5.32. The second kappa shape index (κ2) is 4.95. The summed E-state index contributed by atoms with van der Waals surface area (Å²) in [6, 6.07) is 2.20. The SMILES string of the molecule is COCCC1(Cn2c(C)cc3c2CCCC3O)CC1. The molecule has 0 spiro atoms. The normalized spacial score (nSPS) is 24.3. The number of nitrogens with zero attached hydrogens (tertiary/aromatic N) is 1. The van der Waals surface area contributed by atoms with Crippen LogP contribution in [-0.4, -0.2) is 23.4 Å². The van der Waals surface area contributed by atoms with Crippen molar-refractivity contribution >= 4 is 0 Å². The summed E-state index contributed by atoms with van der Waals surface area (Å²) in [6.45, 7) is 4.16. The summed E-state index contributed by atoms with van der Waals surface area (Å²) >= 11 is 0. The zero-order valence-electron chi connectivity index (χ0n) is 12.1. The molecule has 1 aromatic rings. The van der Waals surface area contributed by atoms with E-state index in [1.807, 2.05) is 0 Å². The average molecular weight is 263 g/mol. The molecule has 3 nitrogen and oxygen atoms in total. The van der Waals surface area contributed by atoms with Crippen molar-refractivity contribution in [3.63, 3.8) is 0 Å². The second-order valence-corrected chi connectivity index (χ2v) is 6.42. The van der Waals surface area contributed by atoms with E-state index < -0.39 is 0 Å². The van der Waals surface area contributed by atoms with Gasteiger partial charge in [0.1, 0.15) is 0 Å². The van der Waals surface area contributed by atoms with Crippen LogP contribution in [0.3, 0.4) is 0 Å². The number of hydrogen-bond donors (Lipinski definition) is 1. The summed E-state index contributed by atoms with van der Waals surface area (Å²) in [7, 11) is 1.79. The van der Waals surface area contributed by atoms with E-state index in [9.17, 15) is 5.11 Å². The first-order chi connectivity index (χ1) is 9.15. The van der Waals surface area contributed by atoms with Gasteiger partial charge in [-0.2, -0.15) is 0 Å². The number of aromatic nitrogens is 1. The smallest absolute Gasteiger partial charge is 0.0807 e. The van der Waals surface area contributed by atoms with E-state index in [2.05, 4.69) is 17.6 Å². The Bertz CT molecular complexity index is 460. The fourth-order valence-corrected chi connectivity index (χ4v) is 3.48. The molecule has 3 heteroatoms. The topological polar surface area (TPSA) is 34.4 Å². The Morgan fingerprint density at radius 1 is 1.47 bits per heavy atom. The van der Waals surface area contributed by atoms with Gasteiger partial charge in [0.2, 0.25) is 0 Å². The molecule has 1 fully saturated rings. The number of hydrogen-bond acceptors (Lipinski definition) is 2. The Hall–Kier alpha value is -0.800. The van der Waals surface area contributed by atoms with Gasteiger partial charge < -0.3 is 14.4 Å². The first-order valence-corrected chi connectivity index (χ1v) is 7.51. The van der Waals surface area contributed by atoms with Gasteiger partial charge in [0.25, 0.3) is 0 Å². The minimum Gasteiger partial charge on any atom is -0.388 e. The van der Waals surface area contributed by atoms with Crippen molar-refractivity contribution in [2.45, 2.75) is 58.1 Å². The Balaban J connectivity index is 1.81. The summed E-state index contributed by atoms with van der Waals surface area (Å²) in [5.74, 6) is 0. The number of methoxy groups -OCH3 is 1. The molecule has 0 saturated heterocycles. The van der Waals surface area contributed by atoms with E-state index in [0.717, 1.165) is 32.4 Å². The van der Waals surface area contributed by atoms with Crippen LogP contribution in [0.15, 0.2) is 6.07 Å². The van der Waals surface area contributed by atoms with Crippen molar-refractivity contribution in [2.75, 3.05) is 13.7 Å². The molecule has 3 rings (SSSR count). The van der Waals surface area contributed by atoms with E-state index in [4.69, 9.17) is 4.74 Å². The minimum atomic E-state index is -0.238. The van der Waals surface area contributed by atoms with Gasteiger partial charge in [-0.1, -0.05) is 0 Å². The molecule has 0 bridgehead atoms. The Kier molecular flexibility index (Phi) is 3.44. The summed E-state index contributed by atoms with van der Waals surface area (Å²) in [5, 5.41) is 10.1. The van der Waals surface area contributed by atoms with Crippen LogP contribution >= 0.6 is 0 Å². The van der Waals surface area contributed by atoms with Crippen LogP contribution in [0.1, 0.15) is 55.2 Å². The minimum absolute atomic E-state index is 0.238. The van der Waals surface area contributed by atoms with Gasteiger partial charge >= 0.3 is 0 Å². The van der Waals surface area contributed by atoms with Crippen LogP contribution in [0.25, 0.3) is 0 Å². The number of aliphatic hydroxyl groups is 1. The summed E-state index contributed by atoms with van der Waals surface area (Å²) in [4.78, 5) is 0. The quantitative estimate of drug-likeness (QED) is 0.886. The summed E-state index contributed by atoms with van der Waals surface area (Å²) < 4.78 is 7.72. The van der Waals surface area contributed by atoms with Gasteiger partial charge in [-0.3, -0.25) is 0 Å². The Morgan fingerprint density at radius 2 is 2.26 bits per heavy atom. The van der Waals surface area contributed by atoms with Gasteiger partial charge in [-0.25, -0.2) is 0 Å². The van der Waals surface area contributed by atoms with Crippen LogP contribution in [0, 0.1) is 12.3 Å². The molecule has 1 unspecified atom stereocenters. The summed E-state index contributed by atoms with van der Waals surface area (Å²) in [6.07, 6.45) is 6.74. The first kappa shape index (κ1) is 13.2. The predicted molar refractivity (Wildman–Crippen MR) is 75.2 cm³/mol. The van der Waals surface area contributed by atoms with Crippen molar-refractivity contribution in [3.05, 3.63) is 23.0 Å². The largest absolute Gasteiger partial charge is 0.388 e. The third-order valence-corrected chi connectivity index (χ3v) is 4.99. The monoisotopic (exact) mass is 263 g/mol. The molecule has 0 aliphatic heterocycles. The predicted octanol–water partition coefficient (Wildman–Crippen LogP) is 2.98. The van der Waals surface area contributed by atoms with E-state index in [0.29, 0.717) is 5.41 Å². The van der Waals surface area contributed by atoms with Crippen molar-refractivity contribution in [2.24, 2.45) is 5.41 Å². The highest BCUT2D eigenvalue weighted by Crippen LogP contribution is 2.51. The molecule has 0 amide bonds. The lowest BCUT2D eigenvalue weighted by atomic mass is 9.95. The highest BCUT2D eigenvalue weighted by Gasteiger charge is 2.43. The molecule has 2 aliphatic rings. The molecule has 1 heterocycles. The van der Waals surface area contributed by atoms with E-state index in [1.54, 1.807) is 7.11 Å². The van der Waals surface area contributed by atoms with Gasteiger partial charge in [0, 0.05) is 37.2 Å². The lowest BCUT2D eigenvalue weighted by molar-refractivity contribution is 0.153. The number of rotatable bonds is 5. The average Bonchev–Trinajstić information content (AvgIpc) is 3.09. The zero-order chi connectivity index (χ0) is 13.5. The van der Waals surface area contributed by atoms with Gasteiger partial charge in [0.15, 0.2) is 0 Å². The van der Waals surface area contributed by atoms with Crippen molar-refractivity contribution < 1.29 is 9.84 Å². The van der Waals surface area contributed by atoms with Crippen LogP contribution in [0.2, 0.25) is 0 Å². The van der Waals surface area contributed by atoms with Gasteiger partial charge in [0.05, 0.1) is 6.10 Å². The standard InChI is InChI=1S/C16H25NO2/c1-12-10-13-14(4-3-5-15(13)18)17(12)11-16(6-7-16)8-9-19-2/h10,15,18H,3-9,11H2,1-2H3. The van der Waals surface area contributed by atoms with Gasteiger partial charge in [-0.05, 0) is 56.9 Å². The Labute approximate surface area is 115 Å². The van der Waals surface area contributed by atoms with Crippen LogP contribution in [-0.2, 0) is 17.7 Å². The highest BCUT2D eigenvalue weighted by atomic mass is 16.5. The lowest BCUT2D eigenvalue weighted by Gasteiger charge is -2.23. The third kappa shape index (κ3) is 2.46. The van der Waals surface area contributed by atoms with Crippen LogP contribution in [0.4, 0.5) is 0 Å². The Morgan fingerprint density at radius 3 is 2.95 bits per heavy atom. The lowest BCUT2D eigenvalue weighted by Crippen LogP contribution is -2.19. The van der Waals surface area contributed by atoms with Crippen LogP contribution in [0.5, 0.6) is 0 Å². The first-order valence-electron chi connectivity index (χ1n) is 7.51. The van der Waals surface area contributed by atoms with Crippen molar-refractivity contribution in [1.82, 2.24) is 4.57 Å².